The van der Waals surface area contributed by atoms with Gasteiger partial charge < -0.3 is 16.2 Å². The van der Waals surface area contributed by atoms with Crippen molar-refractivity contribution in [3.63, 3.8) is 0 Å². The third kappa shape index (κ3) is 3.28. The molecule has 0 aliphatic heterocycles. The van der Waals surface area contributed by atoms with Crippen LogP contribution in [0, 0.1) is 6.92 Å². The topological polar surface area (TPSA) is 101 Å². The van der Waals surface area contributed by atoms with Crippen LogP contribution in [0.1, 0.15) is 34.6 Å². The van der Waals surface area contributed by atoms with Gasteiger partial charge in [-0.25, -0.2) is 9.97 Å². The highest BCUT2D eigenvalue weighted by atomic mass is 32.1. The van der Waals surface area contributed by atoms with Crippen LogP contribution in [-0.2, 0) is 4.79 Å². The van der Waals surface area contributed by atoms with Gasteiger partial charge in [0.25, 0.3) is 0 Å². The Morgan fingerprint density at radius 1 is 1.58 bits per heavy atom. The number of aliphatic carboxylic acids is 1. The molecule has 102 valence electrons. The van der Waals surface area contributed by atoms with E-state index in [0.29, 0.717) is 10.8 Å². The molecule has 0 saturated heterocycles. The number of hydrogen-bond donors (Lipinski definition) is 3. The largest absolute Gasteiger partial charge is 0.480 e. The zero-order valence-corrected chi connectivity index (χ0v) is 12.1. The molecule has 0 radical (unpaired) electrons. The summed E-state index contributed by atoms with van der Waals surface area (Å²) in [4.78, 5) is 20.4. The van der Waals surface area contributed by atoms with Crippen molar-refractivity contribution < 1.29 is 9.90 Å². The van der Waals surface area contributed by atoms with Crippen LogP contribution in [0.4, 0.5) is 5.13 Å². The van der Waals surface area contributed by atoms with Crippen LogP contribution in [0.2, 0.25) is 0 Å². The van der Waals surface area contributed by atoms with Crippen molar-refractivity contribution in [2.24, 2.45) is 5.73 Å². The second kappa shape index (κ2) is 5.64. The van der Waals surface area contributed by atoms with Crippen molar-refractivity contribution in [1.29, 1.82) is 0 Å². The summed E-state index contributed by atoms with van der Waals surface area (Å²) in [6, 6.07) is -1.05. The number of nitrogens with zero attached hydrogens (tertiary/aromatic N) is 2. The normalized spacial score (nSPS) is 14.1. The van der Waals surface area contributed by atoms with Crippen LogP contribution in [0.3, 0.4) is 0 Å². The molecule has 0 bridgehead atoms. The van der Waals surface area contributed by atoms with Crippen molar-refractivity contribution in [3.05, 3.63) is 27.2 Å². The molecular formula is C11H14N4O2S2. The van der Waals surface area contributed by atoms with E-state index in [2.05, 4.69) is 15.3 Å². The minimum atomic E-state index is -1.08. The second-order valence-electron chi connectivity index (χ2n) is 4.07. The number of hydrogen-bond acceptors (Lipinski definition) is 7. The summed E-state index contributed by atoms with van der Waals surface area (Å²) < 4.78 is 0. The average molecular weight is 298 g/mol. The Hall–Kier alpha value is -1.51. The number of aryl methyl sites for hydroxylation is 1. The van der Waals surface area contributed by atoms with Gasteiger partial charge in [-0.05, 0) is 13.8 Å². The van der Waals surface area contributed by atoms with Gasteiger partial charge in [-0.3, -0.25) is 4.79 Å². The highest BCUT2D eigenvalue weighted by Gasteiger charge is 2.18. The Labute approximate surface area is 118 Å². The van der Waals surface area contributed by atoms with E-state index in [0.717, 1.165) is 9.88 Å². The van der Waals surface area contributed by atoms with E-state index in [9.17, 15) is 4.79 Å². The first-order chi connectivity index (χ1) is 8.97. The third-order valence-corrected chi connectivity index (χ3v) is 4.34. The van der Waals surface area contributed by atoms with Crippen LogP contribution >= 0.6 is 22.7 Å². The smallest absolute Gasteiger partial charge is 0.326 e. The van der Waals surface area contributed by atoms with Crippen molar-refractivity contribution in [2.45, 2.75) is 25.9 Å². The summed E-state index contributed by atoms with van der Waals surface area (Å²) in [5, 5.41) is 15.3. The number of nitrogens with one attached hydrogen (secondary N) is 1. The lowest BCUT2D eigenvalue weighted by atomic mass is 10.2. The number of aromatic nitrogens is 2. The Kier molecular flexibility index (Phi) is 4.13. The van der Waals surface area contributed by atoms with Crippen molar-refractivity contribution in [1.82, 2.24) is 9.97 Å². The van der Waals surface area contributed by atoms with Gasteiger partial charge in [0.05, 0.1) is 11.7 Å². The van der Waals surface area contributed by atoms with Gasteiger partial charge in [0.2, 0.25) is 0 Å². The first-order valence-corrected chi connectivity index (χ1v) is 7.29. The van der Waals surface area contributed by atoms with E-state index >= 15 is 0 Å². The molecule has 19 heavy (non-hydrogen) atoms. The Bertz CT molecular complexity index is 581. The molecule has 0 spiro atoms. The molecule has 0 amide bonds. The SMILES string of the molecule is Cc1cnc(C(C)Nc2nc(C(N)C(=O)O)cs2)s1. The van der Waals surface area contributed by atoms with Crippen molar-refractivity contribution in [3.8, 4) is 0 Å². The molecule has 0 aliphatic rings. The van der Waals surface area contributed by atoms with E-state index < -0.39 is 12.0 Å². The predicted octanol–water partition coefficient (Wildman–Crippen LogP) is 2.17. The molecule has 0 aromatic carbocycles. The number of thiazole rings is 2. The number of anilines is 1. The van der Waals surface area contributed by atoms with E-state index in [1.807, 2.05) is 20.0 Å². The van der Waals surface area contributed by atoms with Crippen molar-refractivity contribution in [2.75, 3.05) is 5.32 Å². The fourth-order valence-corrected chi connectivity index (χ4v) is 3.05. The first-order valence-electron chi connectivity index (χ1n) is 5.60. The molecule has 8 heteroatoms. The first kappa shape index (κ1) is 13.9. The fraction of sp³-hybridized carbons (Fsp3) is 0.364. The number of carboxylic acid groups (broad SMARTS) is 1. The molecule has 0 fully saturated rings. The molecule has 2 aromatic rings. The van der Waals surface area contributed by atoms with Gasteiger partial charge >= 0.3 is 5.97 Å². The lowest BCUT2D eigenvalue weighted by Crippen LogP contribution is -2.21. The zero-order chi connectivity index (χ0) is 14.0. The number of nitrogens with two attached hydrogens (primary N) is 1. The van der Waals surface area contributed by atoms with Gasteiger partial charge in [-0.15, -0.1) is 22.7 Å². The van der Waals surface area contributed by atoms with Crippen LogP contribution in [0.5, 0.6) is 0 Å². The second-order valence-corrected chi connectivity index (χ2v) is 6.19. The molecule has 4 N–H and O–H groups in total. The lowest BCUT2D eigenvalue weighted by Gasteiger charge is -2.09. The van der Waals surface area contributed by atoms with Crippen LogP contribution in [-0.4, -0.2) is 21.0 Å². The van der Waals surface area contributed by atoms with E-state index in [4.69, 9.17) is 10.8 Å². The molecule has 0 aliphatic carbocycles. The third-order valence-electron chi connectivity index (χ3n) is 2.46. The minimum absolute atomic E-state index is 0.0266. The van der Waals surface area contributed by atoms with Gasteiger partial charge in [0, 0.05) is 16.5 Å². The molecule has 2 rings (SSSR count). The van der Waals surface area contributed by atoms with Crippen molar-refractivity contribution >= 4 is 33.8 Å². The van der Waals surface area contributed by atoms with Gasteiger partial charge in [0.1, 0.15) is 11.0 Å². The minimum Gasteiger partial charge on any atom is -0.480 e. The summed E-state index contributed by atoms with van der Waals surface area (Å²) in [5.41, 5.74) is 5.87. The molecule has 2 atom stereocenters. The standard InChI is InChI=1S/C11H14N4O2S2/c1-5-3-13-9(19-5)6(2)14-11-15-7(4-18-11)8(12)10(16)17/h3-4,6,8H,12H2,1-2H3,(H,14,15)(H,16,17). The highest BCUT2D eigenvalue weighted by Crippen LogP contribution is 2.26. The Morgan fingerprint density at radius 2 is 2.32 bits per heavy atom. The average Bonchev–Trinajstić information content (AvgIpc) is 2.97. The lowest BCUT2D eigenvalue weighted by molar-refractivity contribution is -0.138. The maximum Gasteiger partial charge on any atom is 0.326 e. The van der Waals surface area contributed by atoms with Crippen LogP contribution in [0.15, 0.2) is 11.6 Å². The van der Waals surface area contributed by atoms with Crippen LogP contribution in [0.25, 0.3) is 0 Å². The number of rotatable bonds is 5. The highest BCUT2D eigenvalue weighted by molar-refractivity contribution is 7.14. The zero-order valence-electron chi connectivity index (χ0n) is 10.5. The molecular weight excluding hydrogens is 284 g/mol. The quantitative estimate of drug-likeness (QED) is 0.782. The maximum absolute atomic E-state index is 10.8. The van der Waals surface area contributed by atoms with E-state index in [-0.39, 0.29) is 6.04 Å². The summed E-state index contributed by atoms with van der Waals surface area (Å²) in [6.45, 7) is 3.98. The molecule has 6 nitrogen and oxygen atoms in total. The predicted molar refractivity (Wildman–Crippen MR) is 75.6 cm³/mol. The molecule has 2 unspecified atom stereocenters. The maximum atomic E-state index is 10.8. The fourth-order valence-electron chi connectivity index (χ4n) is 1.44. The monoisotopic (exact) mass is 298 g/mol. The van der Waals surface area contributed by atoms with Gasteiger partial charge in [-0.1, -0.05) is 0 Å². The molecule has 2 heterocycles. The number of carboxylic acids is 1. The molecule has 0 saturated carbocycles. The summed E-state index contributed by atoms with van der Waals surface area (Å²) in [6.07, 6.45) is 1.83. The summed E-state index contributed by atoms with van der Waals surface area (Å²) in [7, 11) is 0. The summed E-state index contributed by atoms with van der Waals surface area (Å²) in [5.74, 6) is -1.08. The van der Waals surface area contributed by atoms with Crippen LogP contribution < -0.4 is 11.1 Å². The van der Waals surface area contributed by atoms with E-state index in [1.54, 1.807) is 16.7 Å². The Balaban J connectivity index is 2.06. The Morgan fingerprint density at radius 3 is 2.89 bits per heavy atom. The summed E-state index contributed by atoms with van der Waals surface area (Å²) >= 11 is 2.95. The number of carbonyl (C=O) groups is 1. The molecule has 2 aromatic heterocycles. The van der Waals surface area contributed by atoms with Gasteiger partial charge in [0.15, 0.2) is 5.13 Å². The van der Waals surface area contributed by atoms with E-state index in [1.165, 1.54) is 11.3 Å². The van der Waals surface area contributed by atoms with Gasteiger partial charge in [-0.2, -0.15) is 0 Å².